The fraction of sp³-hybridized carbons (Fsp3) is 0. The molecule has 19 heavy (non-hydrogen) atoms. The summed E-state index contributed by atoms with van der Waals surface area (Å²) in [7, 11) is 0. The summed E-state index contributed by atoms with van der Waals surface area (Å²) < 4.78 is 14.6. The highest BCUT2D eigenvalue weighted by molar-refractivity contribution is 9.10. The van der Waals surface area contributed by atoms with Crippen LogP contribution in [0.2, 0.25) is 5.02 Å². The Kier molecular flexibility index (Phi) is 4.39. The zero-order valence-corrected chi connectivity index (χ0v) is 12.7. The molecule has 2 nitrogen and oxygen atoms in total. The van der Waals surface area contributed by atoms with Crippen LogP contribution in [0.25, 0.3) is 0 Å². The number of hydrogen-bond donors (Lipinski definition) is 2. The summed E-state index contributed by atoms with van der Waals surface area (Å²) in [5.74, 6) is -0.467. The zero-order chi connectivity index (χ0) is 14.0. The monoisotopic (exact) mass is 358 g/mol. The largest absolute Gasteiger partial charge is 0.389 e. The minimum Gasteiger partial charge on any atom is -0.389 e. The molecule has 0 amide bonds. The first-order valence-electron chi connectivity index (χ1n) is 5.29. The van der Waals surface area contributed by atoms with Crippen LogP contribution in [-0.4, -0.2) is 4.99 Å². The predicted molar refractivity (Wildman–Crippen MR) is 84.7 cm³/mol. The summed E-state index contributed by atoms with van der Waals surface area (Å²) in [6, 6.07) is 9.94. The number of hydrogen-bond acceptors (Lipinski definition) is 2. The smallest absolute Gasteiger partial charge is 0.135 e. The lowest BCUT2D eigenvalue weighted by molar-refractivity contribution is 0.626. The second-order valence-electron chi connectivity index (χ2n) is 3.81. The molecule has 0 unspecified atom stereocenters. The van der Waals surface area contributed by atoms with Gasteiger partial charge in [0.1, 0.15) is 10.8 Å². The summed E-state index contributed by atoms with van der Waals surface area (Å²) in [5.41, 5.74) is 6.89. The first kappa shape index (κ1) is 14.2. The van der Waals surface area contributed by atoms with E-state index in [0.717, 1.165) is 4.47 Å². The van der Waals surface area contributed by atoms with Crippen molar-refractivity contribution in [2.45, 2.75) is 0 Å². The topological polar surface area (TPSA) is 38.0 Å². The van der Waals surface area contributed by atoms with Crippen LogP contribution in [0.4, 0.5) is 15.8 Å². The Morgan fingerprint density at radius 2 is 2.00 bits per heavy atom. The number of thiocarbonyl (C=S) groups is 1. The van der Waals surface area contributed by atoms with Gasteiger partial charge in [-0.1, -0.05) is 39.7 Å². The van der Waals surface area contributed by atoms with E-state index in [1.54, 1.807) is 18.2 Å². The van der Waals surface area contributed by atoms with E-state index in [1.807, 2.05) is 6.07 Å². The van der Waals surface area contributed by atoms with Crippen molar-refractivity contribution in [3.05, 3.63) is 57.3 Å². The number of rotatable bonds is 3. The third kappa shape index (κ3) is 3.43. The maximum atomic E-state index is 13.7. The van der Waals surface area contributed by atoms with Crippen molar-refractivity contribution in [2.75, 3.05) is 5.32 Å². The van der Waals surface area contributed by atoms with Gasteiger partial charge in [-0.05, 0) is 36.4 Å². The van der Waals surface area contributed by atoms with E-state index in [9.17, 15) is 4.39 Å². The number of nitrogens with one attached hydrogen (secondary N) is 1. The van der Waals surface area contributed by atoms with E-state index in [4.69, 9.17) is 29.6 Å². The molecule has 0 bridgehead atoms. The molecule has 0 aliphatic rings. The lowest BCUT2D eigenvalue weighted by Crippen LogP contribution is -2.11. The third-order valence-electron chi connectivity index (χ3n) is 2.44. The lowest BCUT2D eigenvalue weighted by Gasteiger charge is -2.10. The Morgan fingerprint density at radius 3 is 2.58 bits per heavy atom. The molecule has 0 heterocycles. The van der Waals surface area contributed by atoms with Gasteiger partial charge in [-0.15, -0.1) is 0 Å². The number of benzene rings is 2. The van der Waals surface area contributed by atoms with E-state index in [-0.39, 0.29) is 10.6 Å². The molecular formula is C13H9BrClFN2S. The summed E-state index contributed by atoms with van der Waals surface area (Å²) in [4.78, 5) is 0.0331. The van der Waals surface area contributed by atoms with Gasteiger partial charge in [0.25, 0.3) is 0 Å². The second kappa shape index (κ2) is 5.86. The van der Waals surface area contributed by atoms with Gasteiger partial charge in [0.2, 0.25) is 0 Å². The SMILES string of the molecule is NC(=S)c1ccc(Nc2ccc(Br)cc2Cl)cc1F. The van der Waals surface area contributed by atoms with E-state index >= 15 is 0 Å². The van der Waals surface area contributed by atoms with Crippen LogP contribution in [0.1, 0.15) is 5.56 Å². The fourth-order valence-electron chi connectivity index (χ4n) is 1.54. The molecule has 0 fully saturated rings. The van der Waals surface area contributed by atoms with Crippen LogP contribution in [0, 0.1) is 5.82 Å². The maximum absolute atomic E-state index is 13.7. The van der Waals surface area contributed by atoms with Crippen molar-refractivity contribution in [1.82, 2.24) is 0 Å². The fourth-order valence-corrected chi connectivity index (χ4v) is 2.43. The molecular weight excluding hydrogens is 351 g/mol. The van der Waals surface area contributed by atoms with Crippen LogP contribution in [-0.2, 0) is 0 Å². The number of anilines is 2. The van der Waals surface area contributed by atoms with Crippen molar-refractivity contribution in [1.29, 1.82) is 0 Å². The van der Waals surface area contributed by atoms with Crippen LogP contribution in [0.15, 0.2) is 40.9 Å². The summed E-state index contributed by atoms with van der Waals surface area (Å²) >= 11 is 14.1. The Bertz CT molecular complexity index is 649. The molecule has 0 aliphatic carbocycles. The van der Waals surface area contributed by atoms with E-state index in [1.165, 1.54) is 12.1 Å². The lowest BCUT2D eigenvalue weighted by atomic mass is 10.2. The van der Waals surface area contributed by atoms with Crippen LogP contribution in [0.5, 0.6) is 0 Å². The Morgan fingerprint density at radius 1 is 1.26 bits per heavy atom. The second-order valence-corrected chi connectivity index (χ2v) is 5.57. The first-order chi connectivity index (χ1) is 8.97. The molecule has 98 valence electrons. The quantitative estimate of drug-likeness (QED) is 0.785. The Labute approximate surface area is 128 Å². The third-order valence-corrected chi connectivity index (χ3v) is 3.47. The van der Waals surface area contributed by atoms with Gasteiger partial charge in [-0.25, -0.2) is 4.39 Å². The molecule has 2 aromatic carbocycles. The van der Waals surface area contributed by atoms with Crippen molar-refractivity contribution < 1.29 is 4.39 Å². The van der Waals surface area contributed by atoms with E-state index < -0.39 is 5.82 Å². The van der Waals surface area contributed by atoms with Crippen molar-refractivity contribution >= 4 is 56.1 Å². The number of nitrogens with two attached hydrogens (primary N) is 1. The summed E-state index contributed by atoms with van der Waals surface area (Å²) in [5, 5.41) is 3.56. The van der Waals surface area contributed by atoms with Crippen LogP contribution < -0.4 is 11.1 Å². The van der Waals surface area contributed by atoms with Gasteiger partial charge in [0.15, 0.2) is 0 Å². The molecule has 0 saturated heterocycles. The summed E-state index contributed by atoms with van der Waals surface area (Å²) in [6.45, 7) is 0. The molecule has 3 N–H and O–H groups in total. The minimum atomic E-state index is -0.467. The van der Waals surface area contributed by atoms with Gasteiger partial charge in [-0.3, -0.25) is 0 Å². The Hall–Kier alpha value is -1.17. The van der Waals surface area contributed by atoms with Crippen LogP contribution in [0.3, 0.4) is 0 Å². The van der Waals surface area contributed by atoms with Crippen molar-refractivity contribution in [2.24, 2.45) is 5.73 Å². The van der Waals surface area contributed by atoms with E-state index in [2.05, 4.69) is 21.2 Å². The normalized spacial score (nSPS) is 10.3. The molecule has 0 aliphatic heterocycles. The van der Waals surface area contributed by atoms with Gasteiger partial charge in [0.05, 0.1) is 10.7 Å². The average Bonchev–Trinajstić information content (AvgIpc) is 2.32. The predicted octanol–water partition coefficient (Wildman–Crippen LogP) is 4.62. The standard InChI is InChI=1S/C13H9BrClFN2S/c14-7-1-4-12(10(15)5-7)18-8-2-3-9(13(17)19)11(16)6-8/h1-6,18H,(H2,17,19). The zero-order valence-electron chi connectivity index (χ0n) is 9.58. The van der Waals surface area contributed by atoms with Crippen molar-refractivity contribution in [3.63, 3.8) is 0 Å². The number of halogens is 3. The average molecular weight is 360 g/mol. The highest BCUT2D eigenvalue weighted by atomic mass is 79.9. The first-order valence-corrected chi connectivity index (χ1v) is 6.87. The van der Waals surface area contributed by atoms with Gasteiger partial charge < -0.3 is 11.1 Å². The highest BCUT2D eigenvalue weighted by Gasteiger charge is 2.07. The van der Waals surface area contributed by atoms with Gasteiger partial charge in [0, 0.05) is 15.7 Å². The molecule has 2 rings (SSSR count). The molecule has 0 spiro atoms. The Balaban J connectivity index is 2.29. The molecule has 0 radical (unpaired) electrons. The van der Waals surface area contributed by atoms with Crippen molar-refractivity contribution in [3.8, 4) is 0 Å². The van der Waals surface area contributed by atoms with E-state index in [0.29, 0.717) is 16.4 Å². The summed E-state index contributed by atoms with van der Waals surface area (Å²) in [6.07, 6.45) is 0. The van der Waals surface area contributed by atoms with Gasteiger partial charge >= 0.3 is 0 Å². The molecule has 0 atom stereocenters. The van der Waals surface area contributed by atoms with Crippen LogP contribution >= 0.6 is 39.7 Å². The molecule has 2 aromatic rings. The molecule has 0 aromatic heterocycles. The minimum absolute atomic E-state index is 0.0331. The molecule has 6 heteroatoms. The molecule has 0 saturated carbocycles. The van der Waals surface area contributed by atoms with Gasteiger partial charge in [-0.2, -0.15) is 0 Å². The highest BCUT2D eigenvalue weighted by Crippen LogP contribution is 2.28. The maximum Gasteiger partial charge on any atom is 0.135 e.